The highest BCUT2D eigenvalue weighted by Gasteiger charge is 2.16. The summed E-state index contributed by atoms with van der Waals surface area (Å²) >= 11 is 0. The average molecular weight is 396 g/mol. The Morgan fingerprint density at radius 2 is 1.93 bits per heavy atom. The van der Waals surface area contributed by atoms with Gasteiger partial charge in [-0.05, 0) is 30.7 Å². The largest absolute Gasteiger partial charge is 0.493 e. The second-order valence-electron chi connectivity index (χ2n) is 5.93. The molecule has 0 saturated heterocycles. The lowest BCUT2D eigenvalue weighted by Crippen LogP contribution is -2.28. The first-order valence-electron chi connectivity index (χ1n) is 8.53. The predicted octanol–water partition coefficient (Wildman–Crippen LogP) is 3.31. The second-order valence-corrected chi connectivity index (χ2v) is 5.93. The summed E-state index contributed by atoms with van der Waals surface area (Å²) in [4.78, 5) is 22.7. The second kappa shape index (κ2) is 9.75. The Bertz CT molecular complexity index is 981. The quantitative estimate of drug-likeness (QED) is 0.303. The zero-order valence-electron chi connectivity index (χ0n) is 16.1. The number of methoxy groups -OCH3 is 2. The van der Waals surface area contributed by atoms with Crippen LogP contribution in [-0.4, -0.2) is 25.1 Å². The molecule has 1 amide bonds. The average Bonchev–Trinajstić information content (AvgIpc) is 2.73. The Balaban J connectivity index is 2.11. The van der Waals surface area contributed by atoms with Gasteiger partial charge in [-0.3, -0.25) is 14.9 Å². The van der Waals surface area contributed by atoms with E-state index in [2.05, 4.69) is 10.6 Å². The molecule has 0 saturated carbocycles. The lowest BCUT2D eigenvalue weighted by atomic mass is 10.1. The lowest BCUT2D eigenvalue weighted by molar-refractivity contribution is -0.384. The van der Waals surface area contributed by atoms with Crippen molar-refractivity contribution in [2.24, 2.45) is 0 Å². The fourth-order valence-corrected chi connectivity index (χ4v) is 2.49. The molecule has 2 rings (SSSR count). The van der Waals surface area contributed by atoms with Gasteiger partial charge < -0.3 is 20.1 Å². The summed E-state index contributed by atoms with van der Waals surface area (Å²) in [6, 6.07) is 12.4. The van der Waals surface area contributed by atoms with Crippen molar-refractivity contribution in [1.29, 1.82) is 5.26 Å². The van der Waals surface area contributed by atoms with Crippen molar-refractivity contribution in [2.75, 3.05) is 19.5 Å². The number of rotatable bonds is 8. The molecule has 0 aliphatic heterocycles. The van der Waals surface area contributed by atoms with Crippen molar-refractivity contribution < 1.29 is 19.2 Å². The van der Waals surface area contributed by atoms with Crippen LogP contribution < -0.4 is 20.1 Å². The van der Waals surface area contributed by atoms with Gasteiger partial charge in [0.25, 0.3) is 11.6 Å². The minimum absolute atomic E-state index is 0.103. The smallest absolute Gasteiger partial charge is 0.271 e. The Morgan fingerprint density at radius 1 is 1.21 bits per heavy atom. The van der Waals surface area contributed by atoms with E-state index < -0.39 is 16.9 Å². The normalized spacial score (nSPS) is 11.7. The third kappa shape index (κ3) is 5.46. The molecule has 0 aliphatic carbocycles. The van der Waals surface area contributed by atoms with Crippen LogP contribution in [0.15, 0.2) is 54.2 Å². The summed E-state index contributed by atoms with van der Waals surface area (Å²) in [7, 11) is 3.04. The van der Waals surface area contributed by atoms with Gasteiger partial charge >= 0.3 is 0 Å². The van der Waals surface area contributed by atoms with E-state index in [1.165, 1.54) is 38.6 Å². The van der Waals surface area contributed by atoms with Crippen LogP contribution >= 0.6 is 0 Å². The number of hydrogen-bond acceptors (Lipinski definition) is 7. The van der Waals surface area contributed by atoms with Crippen molar-refractivity contribution in [3.05, 3.63) is 69.9 Å². The summed E-state index contributed by atoms with van der Waals surface area (Å²) in [6.07, 6.45) is 1.20. The molecule has 2 aromatic carbocycles. The van der Waals surface area contributed by atoms with Crippen molar-refractivity contribution in [1.82, 2.24) is 5.32 Å². The molecule has 29 heavy (non-hydrogen) atoms. The molecule has 0 aromatic heterocycles. The SMILES string of the molecule is COc1ccc(C(C)NC(=O)/C(C#N)=C\Nc2cccc([N+](=O)[O-])c2)cc1OC. The summed E-state index contributed by atoms with van der Waals surface area (Å²) in [6.45, 7) is 1.77. The number of carbonyl (C=O) groups is 1. The van der Waals surface area contributed by atoms with Gasteiger partial charge in [0.2, 0.25) is 0 Å². The third-order valence-corrected chi connectivity index (χ3v) is 4.06. The fourth-order valence-electron chi connectivity index (χ4n) is 2.49. The number of nitrogens with one attached hydrogen (secondary N) is 2. The van der Waals surface area contributed by atoms with E-state index in [9.17, 15) is 20.2 Å². The highest BCUT2D eigenvalue weighted by atomic mass is 16.6. The predicted molar refractivity (Wildman–Crippen MR) is 107 cm³/mol. The van der Waals surface area contributed by atoms with Crippen molar-refractivity contribution in [2.45, 2.75) is 13.0 Å². The maximum absolute atomic E-state index is 12.4. The van der Waals surface area contributed by atoms with Crippen LogP contribution in [0.2, 0.25) is 0 Å². The summed E-state index contributed by atoms with van der Waals surface area (Å²) in [5.41, 5.74) is 0.866. The number of nitrogens with zero attached hydrogens (tertiary/aromatic N) is 2. The molecule has 0 radical (unpaired) electrons. The standard InChI is InChI=1S/C20H20N4O5/c1-13(14-7-8-18(28-2)19(9-14)29-3)23-20(25)15(11-21)12-22-16-5-4-6-17(10-16)24(26)27/h4-10,12-13,22H,1-3H3,(H,23,25)/b15-12-. The topological polar surface area (TPSA) is 127 Å². The molecule has 9 nitrogen and oxygen atoms in total. The molecular formula is C20H20N4O5. The van der Waals surface area contributed by atoms with Crippen molar-refractivity contribution in [3.8, 4) is 17.6 Å². The number of nitro benzene ring substituents is 1. The van der Waals surface area contributed by atoms with Crippen LogP contribution in [0.3, 0.4) is 0 Å². The summed E-state index contributed by atoms with van der Waals surface area (Å²) in [5.74, 6) is 0.496. The minimum atomic E-state index is -0.590. The van der Waals surface area contributed by atoms with Gasteiger partial charge in [-0.15, -0.1) is 0 Å². The number of hydrogen-bond donors (Lipinski definition) is 2. The van der Waals surface area contributed by atoms with Crippen LogP contribution in [0.1, 0.15) is 18.5 Å². The first kappa shape index (κ1) is 21.2. The number of nitriles is 1. The van der Waals surface area contributed by atoms with Gasteiger partial charge in [-0.1, -0.05) is 12.1 Å². The number of benzene rings is 2. The van der Waals surface area contributed by atoms with E-state index >= 15 is 0 Å². The number of amides is 1. The zero-order chi connectivity index (χ0) is 21.4. The van der Waals surface area contributed by atoms with Gasteiger partial charge in [-0.25, -0.2) is 0 Å². The van der Waals surface area contributed by atoms with Crippen LogP contribution in [0.25, 0.3) is 0 Å². The molecule has 0 spiro atoms. The van der Waals surface area contributed by atoms with Crippen LogP contribution in [-0.2, 0) is 4.79 Å². The fraction of sp³-hybridized carbons (Fsp3) is 0.200. The Morgan fingerprint density at radius 3 is 2.55 bits per heavy atom. The number of nitro groups is 1. The van der Waals surface area contributed by atoms with E-state index in [0.717, 1.165) is 5.56 Å². The number of non-ortho nitro benzene ring substituents is 1. The molecular weight excluding hydrogens is 376 g/mol. The molecule has 0 bridgehead atoms. The summed E-state index contributed by atoms with van der Waals surface area (Å²) < 4.78 is 10.4. The van der Waals surface area contributed by atoms with E-state index in [1.807, 2.05) is 6.07 Å². The van der Waals surface area contributed by atoms with Gasteiger partial charge in [-0.2, -0.15) is 5.26 Å². The van der Waals surface area contributed by atoms with E-state index in [0.29, 0.717) is 17.2 Å². The van der Waals surface area contributed by atoms with E-state index in [-0.39, 0.29) is 11.3 Å². The molecule has 150 valence electrons. The number of carbonyl (C=O) groups excluding carboxylic acids is 1. The highest BCUT2D eigenvalue weighted by Crippen LogP contribution is 2.30. The van der Waals surface area contributed by atoms with Gasteiger partial charge in [0.15, 0.2) is 11.5 Å². The Hall–Kier alpha value is -4.06. The Kier molecular flexibility index (Phi) is 7.14. The molecule has 2 N–H and O–H groups in total. The van der Waals surface area contributed by atoms with Gasteiger partial charge in [0.1, 0.15) is 11.6 Å². The molecule has 0 heterocycles. The zero-order valence-corrected chi connectivity index (χ0v) is 16.1. The summed E-state index contributed by atoms with van der Waals surface area (Å²) in [5, 5.41) is 25.6. The maximum atomic E-state index is 12.4. The molecule has 9 heteroatoms. The highest BCUT2D eigenvalue weighted by molar-refractivity contribution is 5.97. The number of anilines is 1. The van der Waals surface area contributed by atoms with Gasteiger partial charge in [0.05, 0.1) is 25.2 Å². The molecule has 0 aliphatic rings. The monoisotopic (exact) mass is 396 g/mol. The molecule has 1 unspecified atom stereocenters. The Labute approximate surface area is 167 Å². The van der Waals surface area contributed by atoms with E-state index in [4.69, 9.17) is 9.47 Å². The van der Waals surface area contributed by atoms with Crippen LogP contribution in [0, 0.1) is 21.4 Å². The molecule has 1 atom stereocenters. The first-order chi connectivity index (χ1) is 13.9. The van der Waals surface area contributed by atoms with Crippen molar-refractivity contribution in [3.63, 3.8) is 0 Å². The molecule has 0 fully saturated rings. The maximum Gasteiger partial charge on any atom is 0.271 e. The van der Waals surface area contributed by atoms with E-state index in [1.54, 1.807) is 31.2 Å². The lowest BCUT2D eigenvalue weighted by Gasteiger charge is -2.16. The molecule has 2 aromatic rings. The minimum Gasteiger partial charge on any atom is -0.493 e. The number of ether oxygens (including phenoxy) is 2. The van der Waals surface area contributed by atoms with Crippen LogP contribution in [0.5, 0.6) is 11.5 Å². The van der Waals surface area contributed by atoms with Gasteiger partial charge in [0, 0.05) is 24.0 Å². The third-order valence-electron chi connectivity index (χ3n) is 4.06. The first-order valence-corrected chi connectivity index (χ1v) is 8.53. The van der Waals surface area contributed by atoms with Crippen LogP contribution in [0.4, 0.5) is 11.4 Å². The van der Waals surface area contributed by atoms with Crippen molar-refractivity contribution >= 4 is 17.3 Å².